The summed E-state index contributed by atoms with van der Waals surface area (Å²) >= 11 is 0. The second-order valence-corrected chi connectivity index (χ2v) is 4.19. The number of rotatable bonds is 3. The molecule has 16 heavy (non-hydrogen) atoms. The van der Waals surface area contributed by atoms with E-state index >= 15 is 0 Å². The SMILES string of the molecule is CNC(C1=CCCCO1)c1cc(C)oc1C. The van der Waals surface area contributed by atoms with Gasteiger partial charge < -0.3 is 14.5 Å². The van der Waals surface area contributed by atoms with E-state index in [0.717, 1.165) is 36.7 Å². The molecule has 88 valence electrons. The van der Waals surface area contributed by atoms with E-state index in [0.29, 0.717) is 0 Å². The minimum absolute atomic E-state index is 0.123. The quantitative estimate of drug-likeness (QED) is 0.852. The van der Waals surface area contributed by atoms with Crippen molar-refractivity contribution in [3.8, 4) is 0 Å². The Morgan fingerprint density at radius 1 is 1.38 bits per heavy atom. The lowest BCUT2D eigenvalue weighted by atomic mass is 10.0. The maximum Gasteiger partial charge on any atom is 0.114 e. The van der Waals surface area contributed by atoms with Gasteiger partial charge in [0, 0.05) is 5.56 Å². The average molecular weight is 221 g/mol. The molecule has 0 bridgehead atoms. The molecule has 1 atom stereocenters. The Bertz CT molecular complexity index is 393. The number of likely N-dealkylation sites (N-methyl/N-ethyl adjacent to an activating group) is 1. The molecule has 0 amide bonds. The van der Waals surface area contributed by atoms with Crippen LogP contribution in [0.1, 0.15) is 36.0 Å². The molecule has 1 N–H and O–H groups in total. The van der Waals surface area contributed by atoms with E-state index in [9.17, 15) is 0 Å². The highest BCUT2D eigenvalue weighted by Crippen LogP contribution is 2.29. The lowest BCUT2D eigenvalue weighted by molar-refractivity contribution is 0.169. The fraction of sp³-hybridized carbons (Fsp3) is 0.538. The number of ether oxygens (including phenoxy) is 1. The highest BCUT2D eigenvalue weighted by molar-refractivity contribution is 5.30. The van der Waals surface area contributed by atoms with Gasteiger partial charge in [-0.1, -0.05) is 0 Å². The first kappa shape index (κ1) is 11.3. The van der Waals surface area contributed by atoms with E-state index in [2.05, 4.69) is 17.5 Å². The Hall–Kier alpha value is -1.22. The Balaban J connectivity index is 2.28. The summed E-state index contributed by atoms with van der Waals surface area (Å²) in [5.41, 5.74) is 1.17. The van der Waals surface area contributed by atoms with Gasteiger partial charge in [-0.25, -0.2) is 0 Å². The van der Waals surface area contributed by atoms with E-state index in [4.69, 9.17) is 9.15 Å². The second kappa shape index (κ2) is 4.74. The molecule has 2 heterocycles. The van der Waals surface area contributed by atoms with E-state index in [1.807, 2.05) is 20.9 Å². The molecule has 2 rings (SSSR count). The molecule has 0 spiro atoms. The van der Waals surface area contributed by atoms with Gasteiger partial charge in [-0.05, 0) is 45.9 Å². The van der Waals surface area contributed by atoms with Gasteiger partial charge in [0.25, 0.3) is 0 Å². The van der Waals surface area contributed by atoms with Gasteiger partial charge in [-0.15, -0.1) is 0 Å². The number of nitrogens with one attached hydrogen (secondary N) is 1. The molecule has 3 heteroatoms. The first-order valence-corrected chi connectivity index (χ1v) is 5.79. The van der Waals surface area contributed by atoms with Crippen molar-refractivity contribution in [1.82, 2.24) is 5.32 Å². The molecule has 1 unspecified atom stereocenters. The van der Waals surface area contributed by atoms with Crippen molar-refractivity contribution in [1.29, 1.82) is 0 Å². The Morgan fingerprint density at radius 2 is 2.19 bits per heavy atom. The van der Waals surface area contributed by atoms with Crippen LogP contribution >= 0.6 is 0 Å². The minimum Gasteiger partial charge on any atom is -0.496 e. The summed E-state index contributed by atoms with van der Waals surface area (Å²) in [7, 11) is 1.95. The molecule has 0 radical (unpaired) electrons. The van der Waals surface area contributed by atoms with Gasteiger partial charge in [-0.2, -0.15) is 0 Å². The molecule has 0 fully saturated rings. The maximum absolute atomic E-state index is 5.71. The van der Waals surface area contributed by atoms with Crippen molar-refractivity contribution in [2.45, 2.75) is 32.7 Å². The fourth-order valence-corrected chi connectivity index (χ4v) is 2.17. The van der Waals surface area contributed by atoms with Gasteiger partial charge in [0.05, 0.1) is 12.6 Å². The number of hydrogen-bond donors (Lipinski definition) is 1. The summed E-state index contributed by atoms with van der Waals surface area (Å²) in [6.07, 6.45) is 4.39. The molecule has 1 aromatic rings. The molecule has 3 nitrogen and oxygen atoms in total. The van der Waals surface area contributed by atoms with E-state index < -0.39 is 0 Å². The summed E-state index contributed by atoms with van der Waals surface area (Å²) in [6, 6.07) is 2.20. The number of furan rings is 1. The van der Waals surface area contributed by atoms with Crippen molar-refractivity contribution in [2.24, 2.45) is 0 Å². The zero-order chi connectivity index (χ0) is 11.5. The van der Waals surface area contributed by atoms with Crippen LogP contribution in [0.5, 0.6) is 0 Å². The molecular formula is C13H19NO2. The van der Waals surface area contributed by atoms with Crippen LogP contribution in [0.25, 0.3) is 0 Å². The van der Waals surface area contributed by atoms with Gasteiger partial charge in [0.15, 0.2) is 0 Å². The fourth-order valence-electron chi connectivity index (χ4n) is 2.17. The van der Waals surface area contributed by atoms with Crippen molar-refractivity contribution < 1.29 is 9.15 Å². The third kappa shape index (κ3) is 2.14. The van der Waals surface area contributed by atoms with Crippen LogP contribution in [0.4, 0.5) is 0 Å². The zero-order valence-electron chi connectivity index (χ0n) is 10.2. The zero-order valence-corrected chi connectivity index (χ0v) is 10.2. The molecule has 0 aromatic carbocycles. The lowest BCUT2D eigenvalue weighted by Gasteiger charge is -2.23. The van der Waals surface area contributed by atoms with Crippen molar-refractivity contribution >= 4 is 0 Å². The summed E-state index contributed by atoms with van der Waals surface area (Å²) in [6.45, 7) is 4.79. The molecule has 1 aliphatic heterocycles. The summed E-state index contributed by atoms with van der Waals surface area (Å²) < 4.78 is 11.3. The van der Waals surface area contributed by atoms with Crippen LogP contribution in [0.15, 0.2) is 22.3 Å². The third-order valence-electron chi connectivity index (χ3n) is 2.93. The summed E-state index contributed by atoms with van der Waals surface area (Å²) in [4.78, 5) is 0. The van der Waals surface area contributed by atoms with E-state index in [-0.39, 0.29) is 6.04 Å². The predicted octanol–water partition coefficient (Wildman–Crippen LogP) is 2.85. The van der Waals surface area contributed by atoms with E-state index in [1.165, 1.54) is 5.56 Å². The molecule has 0 saturated heterocycles. The standard InChI is InChI=1S/C13H19NO2/c1-9-8-11(10(2)16-9)13(14-3)12-6-4-5-7-15-12/h6,8,13-14H,4-5,7H2,1-3H3. The molecule has 0 saturated carbocycles. The summed E-state index contributed by atoms with van der Waals surface area (Å²) in [5, 5.41) is 3.29. The Labute approximate surface area is 96.5 Å². The monoisotopic (exact) mass is 221 g/mol. The molecule has 1 aliphatic rings. The largest absolute Gasteiger partial charge is 0.496 e. The van der Waals surface area contributed by atoms with Crippen LogP contribution in [-0.2, 0) is 4.74 Å². The first-order chi connectivity index (χ1) is 7.72. The molecule has 1 aromatic heterocycles. The first-order valence-electron chi connectivity index (χ1n) is 5.79. The van der Waals surface area contributed by atoms with Crippen LogP contribution in [-0.4, -0.2) is 13.7 Å². The number of aryl methyl sites for hydroxylation is 2. The van der Waals surface area contributed by atoms with Crippen LogP contribution in [0.2, 0.25) is 0 Å². The van der Waals surface area contributed by atoms with Crippen LogP contribution in [0.3, 0.4) is 0 Å². The maximum atomic E-state index is 5.71. The van der Waals surface area contributed by atoms with Crippen molar-refractivity contribution in [2.75, 3.05) is 13.7 Å². The van der Waals surface area contributed by atoms with Crippen LogP contribution < -0.4 is 5.32 Å². The topological polar surface area (TPSA) is 34.4 Å². The number of allylic oxidation sites excluding steroid dienone is 1. The predicted molar refractivity (Wildman–Crippen MR) is 63.3 cm³/mol. The van der Waals surface area contributed by atoms with Gasteiger partial charge in [0.2, 0.25) is 0 Å². The molecule has 0 aliphatic carbocycles. The Kier molecular flexibility index (Phi) is 3.34. The third-order valence-corrected chi connectivity index (χ3v) is 2.93. The second-order valence-electron chi connectivity index (χ2n) is 4.19. The lowest BCUT2D eigenvalue weighted by Crippen LogP contribution is -2.22. The average Bonchev–Trinajstić information content (AvgIpc) is 2.61. The highest BCUT2D eigenvalue weighted by Gasteiger charge is 2.22. The van der Waals surface area contributed by atoms with Crippen LogP contribution in [0, 0.1) is 13.8 Å². The highest BCUT2D eigenvalue weighted by atomic mass is 16.5. The van der Waals surface area contributed by atoms with Gasteiger partial charge >= 0.3 is 0 Å². The van der Waals surface area contributed by atoms with Gasteiger partial charge in [-0.3, -0.25) is 0 Å². The van der Waals surface area contributed by atoms with Gasteiger partial charge in [0.1, 0.15) is 17.3 Å². The van der Waals surface area contributed by atoms with E-state index in [1.54, 1.807) is 0 Å². The normalized spacial score (nSPS) is 17.8. The molecular weight excluding hydrogens is 202 g/mol. The minimum atomic E-state index is 0.123. The van der Waals surface area contributed by atoms with Crippen molar-refractivity contribution in [3.63, 3.8) is 0 Å². The Morgan fingerprint density at radius 3 is 2.69 bits per heavy atom. The number of hydrogen-bond acceptors (Lipinski definition) is 3. The summed E-state index contributed by atoms with van der Waals surface area (Å²) in [5.74, 6) is 2.94. The smallest absolute Gasteiger partial charge is 0.114 e. The van der Waals surface area contributed by atoms with Crippen molar-refractivity contribution in [3.05, 3.63) is 35.0 Å².